The van der Waals surface area contributed by atoms with Crippen LogP contribution in [0, 0.1) is 6.92 Å². The third kappa shape index (κ3) is 3.93. The summed E-state index contributed by atoms with van der Waals surface area (Å²) < 4.78 is 27.5. The van der Waals surface area contributed by atoms with Gasteiger partial charge in [0.2, 0.25) is 0 Å². The fourth-order valence-corrected chi connectivity index (χ4v) is 4.83. The molecule has 0 aliphatic carbocycles. The lowest BCUT2D eigenvalue weighted by molar-refractivity contribution is 0.256. The number of anilines is 1. The van der Waals surface area contributed by atoms with E-state index < -0.39 is 16.1 Å². The van der Waals surface area contributed by atoms with Crippen molar-refractivity contribution in [3.63, 3.8) is 0 Å². The molecule has 25 heavy (non-hydrogen) atoms. The van der Waals surface area contributed by atoms with Crippen LogP contribution in [0.25, 0.3) is 10.2 Å². The first kappa shape index (κ1) is 18.1. The van der Waals surface area contributed by atoms with E-state index in [1.165, 1.54) is 23.6 Å². The molecule has 1 aromatic carbocycles. The van der Waals surface area contributed by atoms with Crippen LogP contribution in [0.4, 0.5) is 10.5 Å². The van der Waals surface area contributed by atoms with Crippen LogP contribution in [-0.4, -0.2) is 19.4 Å². The van der Waals surface area contributed by atoms with Crippen LogP contribution < -0.4 is 15.3 Å². The third-order valence-corrected chi connectivity index (χ3v) is 6.21. The molecule has 0 saturated heterocycles. The molecule has 0 aliphatic heterocycles. The molecule has 2 aromatic heterocycles. The van der Waals surface area contributed by atoms with Crippen molar-refractivity contribution in [3.05, 3.63) is 46.4 Å². The normalized spacial score (nSPS) is 11.5. The molecular formula is C15H13ClN3O3PS2. The summed E-state index contributed by atoms with van der Waals surface area (Å²) in [5.41, 5.74) is 1.90. The molecule has 0 spiro atoms. The van der Waals surface area contributed by atoms with Crippen molar-refractivity contribution >= 4 is 69.4 Å². The Morgan fingerprint density at radius 3 is 2.80 bits per heavy atom. The quantitative estimate of drug-likeness (QED) is 0.645. The standard InChI is InChI=1S/C15H13ClN3O3PS2/c1-8-4-9(16)5-12(23)14(8)18-15(20)19-25(21,22)10-6-13-11(17-7-10)2-3-24-13/h2-7H,23H2,1H3,(H2,18,19,20). The zero-order valence-electron chi connectivity index (χ0n) is 12.9. The number of hydrogen-bond donors (Lipinski definition) is 2. The molecule has 1 unspecified atom stereocenters. The van der Waals surface area contributed by atoms with Crippen molar-refractivity contribution < 1.29 is 13.2 Å². The van der Waals surface area contributed by atoms with Gasteiger partial charge in [0.25, 0.3) is 10.0 Å². The van der Waals surface area contributed by atoms with E-state index in [1.807, 2.05) is 10.1 Å². The zero-order valence-corrected chi connectivity index (χ0v) is 16.5. The van der Waals surface area contributed by atoms with E-state index in [1.54, 1.807) is 25.1 Å². The van der Waals surface area contributed by atoms with Gasteiger partial charge in [-0.2, -0.15) is 0 Å². The first-order valence-corrected chi connectivity index (χ1v) is 10.3. The van der Waals surface area contributed by atoms with Crippen LogP contribution >= 0.6 is 32.2 Å². The van der Waals surface area contributed by atoms with Crippen molar-refractivity contribution in [2.45, 2.75) is 11.8 Å². The van der Waals surface area contributed by atoms with Gasteiger partial charge >= 0.3 is 6.03 Å². The second-order valence-corrected chi connectivity index (χ2v) is 8.91. The highest BCUT2D eigenvalue weighted by atomic mass is 35.5. The molecule has 3 aromatic rings. The van der Waals surface area contributed by atoms with Gasteiger partial charge in [-0.25, -0.2) is 17.9 Å². The fraction of sp³-hybridized carbons (Fsp3) is 0.0667. The second kappa shape index (κ2) is 6.88. The molecule has 3 rings (SSSR count). The maximum atomic E-state index is 12.4. The molecule has 0 saturated carbocycles. The number of thiophene rings is 1. The van der Waals surface area contributed by atoms with Gasteiger partial charge in [0, 0.05) is 11.2 Å². The first-order valence-electron chi connectivity index (χ1n) is 6.99. The molecule has 1 atom stereocenters. The van der Waals surface area contributed by atoms with E-state index >= 15 is 0 Å². The number of fused-ring (bicyclic) bond motifs is 1. The number of aryl methyl sites for hydroxylation is 1. The molecule has 2 N–H and O–H groups in total. The van der Waals surface area contributed by atoms with Crippen molar-refractivity contribution in [2.75, 3.05) is 5.32 Å². The Kier molecular flexibility index (Phi) is 4.97. The van der Waals surface area contributed by atoms with Crippen molar-refractivity contribution in [1.82, 2.24) is 9.71 Å². The Bertz CT molecular complexity index is 1060. The summed E-state index contributed by atoms with van der Waals surface area (Å²) in [5.74, 6) is 0. The van der Waals surface area contributed by atoms with Crippen LogP contribution in [0.15, 0.2) is 40.7 Å². The van der Waals surface area contributed by atoms with Gasteiger partial charge in [-0.15, -0.1) is 20.6 Å². The summed E-state index contributed by atoms with van der Waals surface area (Å²) >= 11 is 7.31. The number of hydrogen-bond acceptors (Lipinski definition) is 5. The third-order valence-electron chi connectivity index (χ3n) is 3.38. The highest BCUT2D eigenvalue weighted by molar-refractivity contribution is 7.90. The average Bonchev–Trinajstić information content (AvgIpc) is 2.98. The molecule has 0 aliphatic rings. The summed E-state index contributed by atoms with van der Waals surface area (Å²) in [7, 11) is -1.59. The summed E-state index contributed by atoms with van der Waals surface area (Å²) in [5, 5.41) is 5.53. The minimum atomic E-state index is -4.03. The van der Waals surface area contributed by atoms with Crippen LogP contribution in [0.1, 0.15) is 5.56 Å². The van der Waals surface area contributed by atoms with Gasteiger partial charge < -0.3 is 5.32 Å². The van der Waals surface area contributed by atoms with Crippen LogP contribution in [0.5, 0.6) is 0 Å². The molecule has 2 heterocycles. The van der Waals surface area contributed by atoms with E-state index in [-0.39, 0.29) is 4.90 Å². The van der Waals surface area contributed by atoms with Crippen molar-refractivity contribution in [2.24, 2.45) is 0 Å². The highest BCUT2D eigenvalue weighted by Gasteiger charge is 2.20. The Morgan fingerprint density at radius 2 is 2.08 bits per heavy atom. The van der Waals surface area contributed by atoms with E-state index in [4.69, 9.17) is 11.6 Å². The lowest BCUT2D eigenvalue weighted by Crippen LogP contribution is -2.35. The summed E-state index contributed by atoms with van der Waals surface area (Å²) in [6.07, 6.45) is 1.22. The Morgan fingerprint density at radius 1 is 1.32 bits per heavy atom. The number of benzene rings is 1. The largest absolute Gasteiger partial charge is 0.333 e. The van der Waals surface area contributed by atoms with Gasteiger partial charge in [-0.1, -0.05) is 11.6 Å². The van der Waals surface area contributed by atoms with E-state index in [0.29, 0.717) is 27.1 Å². The maximum absolute atomic E-state index is 12.4. The van der Waals surface area contributed by atoms with E-state index in [9.17, 15) is 13.2 Å². The molecule has 130 valence electrons. The minimum Gasteiger partial charge on any atom is -0.306 e. The van der Waals surface area contributed by atoms with Gasteiger partial charge in [0.15, 0.2) is 0 Å². The number of halogens is 1. The SMILES string of the molecule is Cc1cc(Cl)cc(P)c1NC(=O)NS(=O)(=O)c1cnc2ccsc2c1. The maximum Gasteiger partial charge on any atom is 0.333 e. The number of pyridine rings is 1. The average molecular weight is 414 g/mol. The summed E-state index contributed by atoms with van der Waals surface area (Å²) in [6, 6.07) is 5.74. The van der Waals surface area contributed by atoms with Crippen molar-refractivity contribution in [1.29, 1.82) is 0 Å². The van der Waals surface area contributed by atoms with Crippen LogP contribution in [0.3, 0.4) is 0 Å². The van der Waals surface area contributed by atoms with Crippen LogP contribution in [0.2, 0.25) is 5.02 Å². The number of carbonyl (C=O) groups excluding carboxylic acids is 1. The van der Waals surface area contributed by atoms with Gasteiger partial charge in [-0.3, -0.25) is 4.98 Å². The summed E-state index contributed by atoms with van der Waals surface area (Å²) in [4.78, 5) is 16.1. The summed E-state index contributed by atoms with van der Waals surface area (Å²) in [6.45, 7) is 1.76. The number of nitrogens with one attached hydrogen (secondary N) is 2. The monoisotopic (exact) mass is 413 g/mol. The topological polar surface area (TPSA) is 88.2 Å². The van der Waals surface area contributed by atoms with E-state index in [2.05, 4.69) is 19.5 Å². The van der Waals surface area contributed by atoms with Gasteiger partial charge in [-0.05, 0) is 47.4 Å². The lowest BCUT2D eigenvalue weighted by Gasteiger charge is -2.13. The highest BCUT2D eigenvalue weighted by Crippen LogP contribution is 2.22. The Hall–Kier alpha value is -1.73. The number of nitrogens with zero attached hydrogens (tertiary/aromatic N) is 1. The van der Waals surface area contributed by atoms with Gasteiger partial charge in [0.1, 0.15) is 4.90 Å². The number of urea groups is 1. The number of sulfonamides is 1. The number of rotatable bonds is 3. The lowest BCUT2D eigenvalue weighted by atomic mass is 10.2. The smallest absolute Gasteiger partial charge is 0.306 e. The van der Waals surface area contributed by atoms with E-state index in [0.717, 1.165) is 4.70 Å². The second-order valence-electron chi connectivity index (χ2n) is 5.22. The molecule has 2 amide bonds. The predicted molar refractivity (Wildman–Crippen MR) is 104 cm³/mol. The Balaban J connectivity index is 1.82. The van der Waals surface area contributed by atoms with Gasteiger partial charge in [0.05, 0.1) is 15.9 Å². The minimum absolute atomic E-state index is 0.0727. The molecule has 0 radical (unpaired) electrons. The number of aromatic nitrogens is 1. The number of carbonyl (C=O) groups is 1. The zero-order chi connectivity index (χ0) is 18.2. The first-order chi connectivity index (χ1) is 11.8. The molecule has 10 heteroatoms. The Labute approximate surface area is 155 Å². The molecule has 0 bridgehead atoms. The predicted octanol–water partition coefficient (Wildman–Crippen LogP) is 3.27. The molecule has 6 nitrogen and oxygen atoms in total. The van der Waals surface area contributed by atoms with Crippen molar-refractivity contribution in [3.8, 4) is 0 Å². The fourth-order valence-electron chi connectivity index (χ4n) is 2.24. The number of amides is 2. The molecule has 0 fully saturated rings. The molecular weight excluding hydrogens is 401 g/mol. The van der Waals surface area contributed by atoms with Crippen LogP contribution in [-0.2, 0) is 10.0 Å².